The molecule has 1 N–H and O–H groups in total. The van der Waals surface area contributed by atoms with Gasteiger partial charge in [-0.15, -0.1) is 6.58 Å². The molecule has 16 heavy (non-hydrogen) atoms. The molecule has 2 nitrogen and oxygen atoms in total. The Morgan fingerprint density at radius 1 is 1.50 bits per heavy atom. The molecular formula is C13H23FN2. The lowest BCUT2D eigenvalue weighted by Gasteiger charge is -2.45. The summed E-state index contributed by atoms with van der Waals surface area (Å²) in [4.78, 5) is 2.34. The molecule has 0 aromatic rings. The summed E-state index contributed by atoms with van der Waals surface area (Å²) < 4.78 is 13.5. The van der Waals surface area contributed by atoms with E-state index in [-0.39, 0.29) is 17.3 Å². The molecular weight excluding hydrogens is 203 g/mol. The highest BCUT2D eigenvalue weighted by molar-refractivity contribution is 5.05. The number of rotatable bonds is 5. The zero-order valence-corrected chi connectivity index (χ0v) is 10.4. The van der Waals surface area contributed by atoms with Crippen molar-refractivity contribution in [1.29, 1.82) is 0 Å². The SMILES string of the molecule is C=CCC(C(=C)F)C(C)(C)N1CCNCC1. The van der Waals surface area contributed by atoms with Crippen molar-refractivity contribution in [2.75, 3.05) is 26.2 Å². The highest BCUT2D eigenvalue weighted by Crippen LogP contribution is 2.33. The predicted molar refractivity (Wildman–Crippen MR) is 67.1 cm³/mol. The largest absolute Gasteiger partial charge is 0.314 e. The van der Waals surface area contributed by atoms with E-state index in [1.165, 1.54) is 0 Å². The summed E-state index contributed by atoms with van der Waals surface area (Å²) in [6.07, 6.45) is 2.42. The van der Waals surface area contributed by atoms with Gasteiger partial charge >= 0.3 is 0 Å². The van der Waals surface area contributed by atoms with Gasteiger partial charge in [0.05, 0.1) is 5.83 Å². The highest BCUT2D eigenvalue weighted by Gasteiger charge is 2.36. The first-order valence-electron chi connectivity index (χ1n) is 5.91. The Kier molecular flexibility index (Phi) is 4.69. The molecule has 1 aliphatic heterocycles. The van der Waals surface area contributed by atoms with E-state index in [1.54, 1.807) is 6.08 Å². The van der Waals surface area contributed by atoms with Crippen LogP contribution in [0.2, 0.25) is 0 Å². The molecule has 1 fully saturated rings. The van der Waals surface area contributed by atoms with Gasteiger partial charge < -0.3 is 5.32 Å². The van der Waals surface area contributed by atoms with Crippen molar-refractivity contribution in [2.24, 2.45) is 5.92 Å². The van der Waals surface area contributed by atoms with Crippen LogP contribution in [0.1, 0.15) is 20.3 Å². The Hall–Kier alpha value is -0.670. The lowest BCUT2D eigenvalue weighted by Crippen LogP contribution is -2.56. The zero-order valence-electron chi connectivity index (χ0n) is 10.4. The smallest absolute Gasteiger partial charge is 0.0980 e. The molecule has 1 aliphatic rings. The molecule has 92 valence electrons. The lowest BCUT2D eigenvalue weighted by molar-refractivity contribution is 0.0570. The third-order valence-corrected chi connectivity index (χ3v) is 3.57. The summed E-state index contributed by atoms with van der Waals surface area (Å²) in [5, 5.41) is 3.31. The van der Waals surface area contributed by atoms with Crippen LogP contribution in [0.25, 0.3) is 0 Å². The van der Waals surface area contributed by atoms with Gasteiger partial charge in [-0.1, -0.05) is 12.7 Å². The first kappa shape index (κ1) is 13.4. The minimum absolute atomic E-state index is 0.164. The lowest BCUT2D eigenvalue weighted by atomic mass is 9.82. The van der Waals surface area contributed by atoms with Crippen LogP contribution in [-0.2, 0) is 0 Å². The Bertz CT molecular complexity index is 255. The van der Waals surface area contributed by atoms with E-state index in [0.29, 0.717) is 6.42 Å². The molecule has 1 rings (SSSR count). The Labute approximate surface area is 98.2 Å². The monoisotopic (exact) mass is 226 g/mol. The van der Waals surface area contributed by atoms with Crippen LogP contribution in [-0.4, -0.2) is 36.6 Å². The summed E-state index contributed by atoms with van der Waals surface area (Å²) in [6, 6.07) is 0. The van der Waals surface area contributed by atoms with Crippen LogP contribution in [0.15, 0.2) is 25.1 Å². The molecule has 3 heteroatoms. The fourth-order valence-electron chi connectivity index (χ4n) is 2.43. The van der Waals surface area contributed by atoms with Crippen molar-refractivity contribution in [3.63, 3.8) is 0 Å². The van der Waals surface area contributed by atoms with Gasteiger partial charge in [-0.3, -0.25) is 4.90 Å². The van der Waals surface area contributed by atoms with Crippen LogP contribution in [0.5, 0.6) is 0 Å². The van der Waals surface area contributed by atoms with Gasteiger partial charge in [0, 0.05) is 37.6 Å². The number of piperazine rings is 1. The number of hydrogen-bond donors (Lipinski definition) is 1. The van der Waals surface area contributed by atoms with Crippen LogP contribution in [0.4, 0.5) is 4.39 Å². The minimum atomic E-state index is -0.233. The van der Waals surface area contributed by atoms with Crippen molar-refractivity contribution in [2.45, 2.75) is 25.8 Å². The fraction of sp³-hybridized carbons (Fsp3) is 0.692. The summed E-state index contributed by atoms with van der Waals surface area (Å²) in [6.45, 7) is 15.3. The maximum absolute atomic E-state index is 13.5. The van der Waals surface area contributed by atoms with Gasteiger partial charge in [0.15, 0.2) is 0 Å². The maximum atomic E-state index is 13.5. The molecule has 1 heterocycles. The molecule has 0 aliphatic carbocycles. The quantitative estimate of drug-likeness (QED) is 0.724. The standard InChI is InChI=1S/C13H23FN2/c1-5-6-12(11(2)14)13(3,4)16-9-7-15-8-10-16/h5,12,15H,1-2,6-10H2,3-4H3. The van der Waals surface area contributed by atoms with Crippen molar-refractivity contribution < 1.29 is 4.39 Å². The van der Waals surface area contributed by atoms with E-state index in [2.05, 4.69) is 37.2 Å². The second-order valence-electron chi connectivity index (χ2n) is 4.91. The molecule has 0 radical (unpaired) electrons. The van der Waals surface area contributed by atoms with Crippen LogP contribution in [0, 0.1) is 5.92 Å². The van der Waals surface area contributed by atoms with Gasteiger partial charge in [-0.2, -0.15) is 0 Å². The van der Waals surface area contributed by atoms with Gasteiger partial charge in [0.25, 0.3) is 0 Å². The normalized spacial score (nSPS) is 20.4. The molecule has 0 aromatic heterocycles. The van der Waals surface area contributed by atoms with E-state index < -0.39 is 0 Å². The molecule has 1 atom stereocenters. The van der Waals surface area contributed by atoms with Gasteiger partial charge in [-0.25, -0.2) is 4.39 Å². The first-order valence-corrected chi connectivity index (χ1v) is 5.91. The van der Waals surface area contributed by atoms with Crippen molar-refractivity contribution in [1.82, 2.24) is 10.2 Å². The molecule has 0 saturated carbocycles. The van der Waals surface area contributed by atoms with Gasteiger partial charge in [0.2, 0.25) is 0 Å². The van der Waals surface area contributed by atoms with E-state index in [9.17, 15) is 4.39 Å². The predicted octanol–water partition coefficient (Wildman–Crippen LogP) is 2.35. The van der Waals surface area contributed by atoms with Crippen molar-refractivity contribution in [3.05, 3.63) is 25.1 Å². The average Bonchev–Trinajstić information content (AvgIpc) is 2.26. The second kappa shape index (κ2) is 5.60. The average molecular weight is 226 g/mol. The minimum Gasteiger partial charge on any atom is -0.314 e. The summed E-state index contributed by atoms with van der Waals surface area (Å²) in [5.41, 5.74) is -0.192. The second-order valence-corrected chi connectivity index (χ2v) is 4.91. The van der Waals surface area contributed by atoms with Gasteiger partial charge in [0.1, 0.15) is 0 Å². The molecule has 1 unspecified atom stereocenters. The van der Waals surface area contributed by atoms with Crippen molar-refractivity contribution >= 4 is 0 Å². The molecule has 0 amide bonds. The van der Waals surface area contributed by atoms with E-state index in [1.807, 2.05) is 0 Å². The van der Waals surface area contributed by atoms with Crippen LogP contribution >= 0.6 is 0 Å². The summed E-state index contributed by atoms with van der Waals surface area (Å²) in [5.74, 6) is -0.397. The Morgan fingerprint density at radius 3 is 2.50 bits per heavy atom. The van der Waals surface area contributed by atoms with E-state index in [4.69, 9.17) is 0 Å². The highest BCUT2D eigenvalue weighted by atomic mass is 19.1. The molecule has 0 aromatic carbocycles. The zero-order chi connectivity index (χ0) is 12.2. The summed E-state index contributed by atoms with van der Waals surface area (Å²) in [7, 11) is 0. The Balaban J connectivity index is 2.77. The number of hydrogen-bond acceptors (Lipinski definition) is 2. The molecule has 1 saturated heterocycles. The molecule has 0 bridgehead atoms. The first-order chi connectivity index (χ1) is 7.50. The Morgan fingerprint density at radius 2 is 2.06 bits per heavy atom. The maximum Gasteiger partial charge on any atom is 0.0980 e. The van der Waals surface area contributed by atoms with Crippen LogP contribution in [0.3, 0.4) is 0 Å². The topological polar surface area (TPSA) is 15.3 Å². The van der Waals surface area contributed by atoms with E-state index >= 15 is 0 Å². The third kappa shape index (κ3) is 2.92. The third-order valence-electron chi connectivity index (χ3n) is 3.57. The van der Waals surface area contributed by atoms with E-state index in [0.717, 1.165) is 26.2 Å². The number of halogens is 1. The fourth-order valence-corrected chi connectivity index (χ4v) is 2.43. The summed E-state index contributed by atoms with van der Waals surface area (Å²) >= 11 is 0. The van der Waals surface area contributed by atoms with Crippen molar-refractivity contribution in [3.8, 4) is 0 Å². The number of nitrogens with one attached hydrogen (secondary N) is 1. The van der Waals surface area contributed by atoms with Gasteiger partial charge in [-0.05, 0) is 20.3 Å². The molecule has 0 spiro atoms. The number of allylic oxidation sites excluding steroid dienone is 1. The number of nitrogens with zero attached hydrogens (tertiary/aromatic N) is 1. The van der Waals surface area contributed by atoms with Crippen LogP contribution < -0.4 is 5.32 Å².